The lowest BCUT2D eigenvalue weighted by Gasteiger charge is -2.33. The number of likely N-dealkylation sites (N-methyl/N-ethyl adjacent to an activating group) is 1. The number of phenols is 2. The number of phenolic OH excluding ortho intramolecular Hbond substituents is 2. The Hall–Kier alpha value is -1.79. The van der Waals surface area contributed by atoms with Crippen LogP contribution in [0.3, 0.4) is 0 Å². The van der Waals surface area contributed by atoms with Crippen LogP contribution in [0.5, 0.6) is 11.5 Å². The number of carboxylic acid groups (broad SMARTS) is 1. The van der Waals surface area contributed by atoms with Crippen molar-refractivity contribution in [1.82, 2.24) is 5.01 Å². The molecule has 0 saturated carbocycles. The molecule has 6 nitrogen and oxygen atoms in total. The van der Waals surface area contributed by atoms with Gasteiger partial charge in [0.2, 0.25) is 0 Å². The van der Waals surface area contributed by atoms with Crippen molar-refractivity contribution < 1.29 is 20.1 Å². The lowest BCUT2D eigenvalue weighted by molar-refractivity contribution is -0.150. The number of hydrogen-bond donors (Lipinski definition) is 4. The number of rotatable bonds is 5. The number of carbonyl (C=O) groups is 1. The number of nitrogens with two attached hydrogens (primary N) is 1. The van der Waals surface area contributed by atoms with E-state index in [0.29, 0.717) is 12.1 Å². The van der Waals surface area contributed by atoms with E-state index in [1.165, 1.54) is 24.1 Å². The maximum absolute atomic E-state index is 11.3. The van der Waals surface area contributed by atoms with E-state index in [4.69, 9.17) is 5.84 Å². The van der Waals surface area contributed by atoms with Gasteiger partial charge in [0.1, 0.15) is 5.54 Å². The van der Waals surface area contributed by atoms with Gasteiger partial charge in [0.15, 0.2) is 11.5 Å². The maximum Gasteiger partial charge on any atom is 0.325 e. The summed E-state index contributed by atoms with van der Waals surface area (Å²) in [5, 5.41) is 29.1. The van der Waals surface area contributed by atoms with Gasteiger partial charge in [-0.1, -0.05) is 13.0 Å². The minimum atomic E-state index is -1.27. The Morgan fingerprint density at radius 3 is 2.44 bits per heavy atom. The highest BCUT2D eigenvalue weighted by Crippen LogP contribution is 2.28. The molecule has 1 aromatic carbocycles. The van der Waals surface area contributed by atoms with Crippen molar-refractivity contribution in [1.29, 1.82) is 0 Å². The molecule has 0 aliphatic rings. The van der Waals surface area contributed by atoms with Gasteiger partial charge in [-0.3, -0.25) is 10.6 Å². The first-order chi connectivity index (χ1) is 8.31. The summed E-state index contributed by atoms with van der Waals surface area (Å²) in [4.78, 5) is 11.3. The zero-order chi connectivity index (χ0) is 13.9. The number of aromatic hydroxyl groups is 2. The normalized spacial score (nSPS) is 14.4. The van der Waals surface area contributed by atoms with Gasteiger partial charge < -0.3 is 15.3 Å². The van der Waals surface area contributed by atoms with E-state index in [-0.39, 0.29) is 17.9 Å². The molecule has 0 saturated heterocycles. The summed E-state index contributed by atoms with van der Waals surface area (Å²) in [6.07, 6.45) is 0.126. The van der Waals surface area contributed by atoms with E-state index in [1.54, 1.807) is 13.0 Å². The van der Waals surface area contributed by atoms with Gasteiger partial charge in [-0.25, -0.2) is 5.01 Å². The Kier molecular flexibility index (Phi) is 4.15. The molecule has 1 aromatic rings. The molecular formula is C12H18N2O4. The van der Waals surface area contributed by atoms with E-state index in [0.717, 1.165) is 0 Å². The Labute approximate surface area is 105 Å². The lowest BCUT2D eigenvalue weighted by Crippen LogP contribution is -2.57. The molecule has 18 heavy (non-hydrogen) atoms. The van der Waals surface area contributed by atoms with Gasteiger partial charge in [-0.15, -0.1) is 0 Å². The molecular weight excluding hydrogens is 236 g/mol. The topological polar surface area (TPSA) is 107 Å². The van der Waals surface area contributed by atoms with Crippen LogP contribution in [0.25, 0.3) is 0 Å². The molecule has 100 valence electrons. The molecule has 0 fully saturated rings. The van der Waals surface area contributed by atoms with Gasteiger partial charge in [-0.2, -0.15) is 0 Å². The SMILES string of the molecule is CCN(N)C(C)(Cc1ccc(O)c(O)c1)C(=O)O. The first-order valence-corrected chi connectivity index (χ1v) is 5.58. The molecule has 0 aromatic heterocycles. The quantitative estimate of drug-likeness (QED) is 0.350. The second-order valence-corrected chi connectivity index (χ2v) is 4.36. The van der Waals surface area contributed by atoms with Gasteiger partial charge in [0, 0.05) is 13.0 Å². The third-order valence-corrected chi connectivity index (χ3v) is 3.02. The van der Waals surface area contributed by atoms with Gasteiger partial charge in [-0.05, 0) is 24.6 Å². The van der Waals surface area contributed by atoms with E-state index in [2.05, 4.69) is 0 Å². The molecule has 0 aliphatic heterocycles. The average Bonchev–Trinajstić information content (AvgIpc) is 2.32. The van der Waals surface area contributed by atoms with E-state index in [1.807, 2.05) is 0 Å². The second kappa shape index (κ2) is 5.24. The third kappa shape index (κ3) is 2.72. The highest BCUT2D eigenvalue weighted by molar-refractivity contribution is 5.78. The number of benzene rings is 1. The molecule has 6 heteroatoms. The summed E-state index contributed by atoms with van der Waals surface area (Å²) in [5.41, 5.74) is -0.683. The van der Waals surface area contributed by atoms with Crippen LogP contribution in [-0.4, -0.2) is 38.4 Å². The van der Waals surface area contributed by atoms with Crippen LogP contribution in [0.2, 0.25) is 0 Å². The smallest absolute Gasteiger partial charge is 0.325 e. The van der Waals surface area contributed by atoms with Crippen molar-refractivity contribution >= 4 is 5.97 Å². The van der Waals surface area contributed by atoms with Crippen LogP contribution < -0.4 is 5.84 Å². The Morgan fingerprint density at radius 1 is 1.39 bits per heavy atom. The number of nitrogens with zero attached hydrogens (tertiary/aromatic N) is 1. The predicted molar refractivity (Wildman–Crippen MR) is 66.1 cm³/mol. The molecule has 1 rings (SSSR count). The summed E-state index contributed by atoms with van der Waals surface area (Å²) >= 11 is 0. The standard InChI is InChI=1S/C12H18N2O4/c1-3-14(13)12(2,11(17)18)7-8-4-5-9(15)10(16)6-8/h4-6,15-16H,3,7,13H2,1-2H3,(H,17,18). The van der Waals surface area contributed by atoms with E-state index < -0.39 is 11.5 Å². The van der Waals surface area contributed by atoms with Gasteiger partial charge in [0.05, 0.1) is 0 Å². The van der Waals surface area contributed by atoms with Crippen LogP contribution in [0.1, 0.15) is 19.4 Å². The van der Waals surface area contributed by atoms with Crippen LogP contribution >= 0.6 is 0 Å². The molecule has 0 bridgehead atoms. The summed E-state index contributed by atoms with van der Waals surface area (Å²) in [6.45, 7) is 3.66. The number of carboxylic acids is 1. The number of hydrogen-bond acceptors (Lipinski definition) is 5. The first kappa shape index (κ1) is 14.3. The first-order valence-electron chi connectivity index (χ1n) is 5.58. The third-order valence-electron chi connectivity index (χ3n) is 3.02. The molecule has 0 radical (unpaired) electrons. The average molecular weight is 254 g/mol. The summed E-state index contributed by atoms with van der Waals surface area (Å²) in [7, 11) is 0. The van der Waals surface area contributed by atoms with Gasteiger partial charge in [0.25, 0.3) is 0 Å². The fourth-order valence-corrected chi connectivity index (χ4v) is 1.73. The Morgan fingerprint density at radius 2 is 2.00 bits per heavy atom. The highest BCUT2D eigenvalue weighted by atomic mass is 16.4. The highest BCUT2D eigenvalue weighted by Gasteiger charge is 2.37. The summed E-state index contributed by atoms with van der Waals surface area (Å²) in [6, 6.07) is 4.21. The van der Waals surface area contributed by atoms with Crippen LogP contribution in [0.15, 0.2) is 18.2 Å². The van der Waals surface area contributed by atoms with Crippen LogP contribution in [0.4, 0.5) is 0 Å². The maximum atomic E-state index is 11.3. The minimum Gasteiger partial charge on any atom is -0.504 e. The van der Waals surface area contributed by atoms with Crippen LogP contribution in [0, 0.1) is 0 Å². The number of hydrazine groups is 1. The Bertz CT molecular complexity index is 450. The monoisotopic (exact) mass is 254 g/mol. The van der Waals surface area contributed by atoms with Crippen molar-refractivity contribution in [3.63, 3.8) is 0 Å². The molecule has 5 N–H and O–H groups in total. The zero-order valence-electron chi connectivity index (χ0n) is 10.4. The van der Waals surface area contributed by atoms with Crippen molar-refractivity contribution in [2.45, 2.75) is 25.8 Å². The van der Waals surface area contributed by atoms with Crippen molar-refractivity contribution in [2.75, 3.05) is 6.54 Å². The lowest BCUT2D eigenvalue weighted by atomic mass is 9.92. The summed E-state index contributed by atoms with van der Waals surface area (Å²) < 4.78 is 0. The van der Waals surface area contributed by atoms with Gasteiger partial charge >= 0.3 is 5.97 Å². The fraction of sp³-hybridized carbons (Fsp3) is 0.417. The fourth-order valence-electron chi connectivity index (χ4n) is 1.73. The van der Waals surface area contributed by atoms with Crippen molar-refractivity contribution in [2.24, 2.45) is 5.84 Å². The predicted octanol–water partition coefficient (Wildman–Crippen LogP) is 0.679. The molecule has 0 spiro atoms. The minimum absolute atomic E-state index is 0.126. The largest absolute Gasteiger partial charge is 0.504 e. The van der Waals surface area contributed by atoms with E-state index >= 15 is 0 Å². The summed E-state index contributed by atoms with van der Waals surface area (Å²) in [5.74, 6) is 4.15. The second-order valence-electron chi connectivity index (χ2n) is 4.36. The van der Waals surface area contributed by atoms with Crippen molar-refractivity contribution in [3.8, 4) is 11.5 Å². The van der Waals surface area contributed by atoms with E-state index in [9.17, 15) is 20.1 Å². The zero-order valence-corrected chi connectivity index (χ0v) is 10.4. The molecule has 0 amide bonds. The molecule has 1 atom stereocenters. The molecule has 0 aliphatic carbocycles. The molecule has 0 heterocycles. The van der Waals surface area contributed by atoms with Crippen LogP contribution in [-0.2, 0) is 11.2 Å². The van der Waals surface area contributed by atoms with Crippen molar-refractivity contribution in [3.05, 3.63) is 23.8 Å². The molecule has 1 unspecified atom stereocenters. The Balaban J connectivity index is 3.04. The number of aliphatic carboxylic acids is 1.